The molecule has 0 radical (unpaired) electrons. The summed E-state index contributed by atoms with van der Waals surface area (Å²) in [6.45, 7) is 0. The van der Waals surface area contributed by atoms with Crippen molar-refractivity contribution in [2.45, 2.75) is 0 Å². The number of benzene rings is 8. The Morgan fingerprint density at radius 1 is 0.395 bits per heavy atom. The highest BCUT2D eigenvalue weighted by Gasteiger charge is 2.18. The van der Waals surface area contributed by atoms with Crippen molar-refractivity contribution in [3.05, 3.63) is 157 Å². The Morgan fingerprint density at radius 3 is 1.72 bits per heavy atom. The van der Waals surface area contributed by atoms with Crippen LogP contribution in [0.25, 0.3) is 87.6 Å². The van der Waals surface area contributed by atoms with E-state index in [1.54, 1.807) is 60.7 Å². The predicted octanol–water partition coefficient (Wildman–Crippen LogP) is 12.0. The quantitative estimate of drug-likeness (QED) is 0.197. The van der Waals surface area contributed by atoms with Gasteiger partial charge in [0.05, 0.1) is 15.1 Å². The first-order valence-electron chi connectivity index (χ1n) is 19.4. The Balaban J connectivity index is 1.39. The van der Waals surface area contributed by atoms with Gasteiger partial charge in [0, 0.05) is 10.8 Å². The molecule has 1 aromatic heterocycles. The van der Waals surface area contributed by atoms with Crippen LogP contribution in [0.2, 0.25) is 0 Å². The molecular formula is C42H26O. The summed E-state index contributed by atoms with van der Waals surface area (Å²) in [5, 5.41) is 3.48. The monoisotopic (exact) mass is 557 g/mol. The highest BCUT2D eigenvalue weighted by Crippen LogP contribution is 2.45. The Morgan fingerprint density at radius 2 is 0.977 bits per heavy atom. The van der Waals surface area contributed by atoms with Gasteiger partial charge in [0.15, 0.2) is 0 Å². The van der Waals surface area contributed by atoms with Gasteiger partial charge in [0.25, 0.3) is 0 Å². The molecule has 0 fully saturated rings. The molecule has 0 unspecified atom stereocenters. The minimum Gasteiger partial charge on any atom is -0.456 e. The number of hydrogen-bond donors (Lipinski definition) is 0. The third-order valence-electron chi connectivity index (χ3n) is 8.03. The molecule has 1 nitrogen and oxygen atoms in total. The van der Waals surface area contributed by atoms with Gasteiger partial charge in [-0.25, -0.2) is 0 Å². The molecule has 0 spiro atoms. The molecule has 8 aromatic carbocycles. The first-order chi connectivity index (χ1) is 25.9. The smallest absolute Gasteiger partial charge is 0.135 e. The average molecular weight is 558 g/mol. The summed E-state index contributed by atoms with van der Waals surface area (Å²) in [4.78, 5) is 0. The topological polar surface area (TPSA) is 13.1 Å². The maximum Gasteiger partial charge on any atom is 0.135 e. The highest BCUT2D eigenvalue weighted by molar-refractivity contribution is 6.23. The van der Waals surface area contributed by atoms with Gasteiger partial charge in [-0.2, -0.15) is 0 Å². The van der Waals surface area contributed by atoms with Gasteiger partial charge in [-0.05, 0) is 83.9 Å². The third-order valence-corrected chi connectivity index (χ3v) is 8.03. The van der Waals surface area contributed by atoms with Crippen LogP contribution in [0.3, 0.4) is 0 Å². The van der Waals surface area contributed by atoms with Crippen molar-refractivity contribution in [1.29, 1.82) is 0 Å². The van der Waals surface area contributed by atoms with Crippen molar-refractivity contribution in [3.8, 4) is 33.4 Å². The predicted molar refractivity (Wildman–Crippen MR) is 183 cm³/mol. The molecule has 0 aliphatic carbocycles. The van der Waals surface area contributed by atoms with E-state index in [2.05, 4.69) is 0 Å². The summed E-state index contributed by atoms with van der Waals surface area (Å²) in [7, 11) is 0. The summed E-state index contributed by atoms with van der Waals surface area (Å²) >= 11 is 0. The molecule has 0 N–H and O–H groups in total. The Labute approximate surface area is 264 Å². The zero-order chi connectivity index (χ0) is 37.9. The van der Waals surface area contributed by atoms with E-state index in [0.717, 1.165) is 10.8 Å². The van der Waals surface area contributed by atoms with Crippen LogP contribution >= 0.6 is 0 Å². The van der Waals surface area contributed by atoms with Crippen LogP contribution in [-0.2, 0) is 0 Å². The second kappa shape index (κ2) is 9.44. The maximum atomic E-state index is 9.41. The largest absolute Gasteiger partial charge is 0.456 e. The lowest BCUT2D eigenvalue weighted by atomic mass is 9.84. The highest BCUT2D eigenvalue weighted by atomic mass is 16.3. The summed E-state index contributed by atoms with van der Waals surface area (Å²) < 4.78 is 104. The van der Waals surface area contributed by atoms with E-state index in [-0.39, 0.29) is 57.7 Å². The molecule has 0 atom stereocenters. The summed E-state index contributed by atoms with van der Waals surface area (Å²) in [6, 6.07) is 22.8. The second-order valence-electron chi connectivity index (χ2n) is 10.4. The number of fused-ring (bicyclic) bond motifs is 6. The van der Waals surface area contributed by atoms with E-state index in [0.29, 0.717) is 49.4 Å². The maximum absolute atomic E-state index is 9.41. The summed E-state index contributed by atoms with van der Waals surface area (Å²) in [5.74, 6) is 0. The van der Waals surface area contributed by atoms with E-state index >= 15 is 0 Å². The minimum absolute atomic E-state index is 0.0500. The molecular weight excluding hydrogens is 520 g/mol. The van der Waals surface area contributed by atoms with Crippen LogP contribution in [0, 0.1) is 0 Å². The lowest BCUT2D eigenvalue weighted by Crippen LogP contribution is -1.91. The Kier molecular flexibility index (Phi) is 3.41. The van der Waals surface area contributed by atoms with E-state index in [4.69, 9.17) is 14.0 Å². The van der Waals surface area contributed by atoms with Crippen LogP contribution in [-0.4, -0.2) is 0 Å². The van der Waals surface area contributed by atoms with Crippen LogP contribution in [0.4, 0.5) is 0 Å². The second-order valence-corrected chi connectivity index (χ2v) is 10.4. The molecule has 1 heterocycles. The molecule has 0 aliphatic rings. The van der Waals surface area contributed by atoms with Crippen LogP contribution < -0.4 is 0 Å². The zero-order valence-electron chi connectivity index (χ0n) is 33.6. The zero-order valence-corrected chi connectivity index (χ0v) is 22.6. The molecule has 0 amide bonds. The fourth-order valence-corrected chi connectivity index (χ4v) is 6.13. The van der Waals surface area contributed by atoms with Gasteiger partial charge in [0.1, 0.15) is 11.2 Å². The van der Waals surface area contributed by atoms with Crippen molar-refractivity contribution in [1.82, 2.24) is 0 Å². The Bertz CT molecular complexity index is 3040. The van der Waals surface area contributed by atoms with Gasteiger partial charge in [-0.3, -0.25) is 0 Å². The molecule has 9 rings (SSSR count). The molecule has 200 valence electrons. The molecule has 0 bridgehead atoms. The van der Waals surface area contributed by atoms with Crippen molar-refractivity contribution < 1.29 is 19.5 Å². The molecule has 9 aromatic rings. The summed E-state index contributed by atoms with van der Waals surface area (Å²) in [6.07, 6.45) is 0. The number of para-hydroxylation sites is 1. The molecule has 0 saturated heterocycles. The van der Waals surface area contributed by atoms with Crippen molar-refractivity contribution in [2.75, 3.05) is 0 Å². The average Bonchev–Trinajstić information content (AvgIpc) is 3.56. The standard InChI is InChI=1S/C42H26O/c1-2-12-31-28(10-1)11-9-18-33(31)42-36-16-5-3-14-34(36)41(35-15-4-6-17-37(35)42)29-22-20-27(21-23-29)30-24-25-40-38(26-30)32-13-7-8-19-39(32)43-40/h1-26H/i1D,2D,9D,10D,11D,12D,18D,20D,21D,22D,23D. The Hall–Kier alpha value is -5.66. The van der Waals surface area contributed by atoms with Gasteiger partial charge in [0.2, 0.25) is 0 Å². The first-order valence-corrected chi connectivity index (χ1v) is 13.9. The lowest BCUT2D eigenvalue weighted by molar-refractivity contribution is 0.669. The molecule has 0 saturated carbocycles. The fourth-order valence-electron chi connectivity index (χ4n) is 6.13. The molecule has 0 aliphatic heterocycles. The number of hydrogen-bond acceptors (Lipinski definition) is 1. The fraction of sp³-hybridized carbons (Fsp3) is 0. The molecule has 1 heteroatoms. The van der Waals surface area contributed by atoms with E-state index in [1.165, 1.54) is 0 Å². The van der Waals surface area contributed by atoms with Gasteiger partial charge >= 0.3 is 0 Å². The SMILES string of the molecule is [2H]c1c([2H])c(-c2c3ccccc3c(-c3c([2H])c([2H])c([2H])c4c([2H])c([2H])c([2H])c([2H])c34)c3ccccc23)c([2H])c([2H])c1-c1ccc2oc3ccccc3c2c1. The van der Waals surface area contributed by atoms with Crippen molar-refractivity contribution in [2.24, 2.45) is 0 Å². The lowest BCUT2D eigenvalue weighted by Gasteiger charge is -2.19. The van der Waals surface area contributed by atoms with Gasteiger partial charge in [-0.1, -0.05) is 139 Å². The number of rotatable bonds is 3. The van der Waals surface area contributed by atoms with Crippen LogP contribution in [0.5, 0.6) is 0 Å². The van der Waals surface area contributed by atoms with E-state index in [1.807, 2.05) is 30.3 Å². The van der Waals surface area contributed by atoms with E-state index in [9.17, 15) is 5.48 Å². The summed E-state index contributed by atoms with van der Waals surface area (Å²) in [5.41, 5.74) is 2.94. The minimum atomic E-state index is -0.543. The normalized spacial score (nSPS) is 15.3. The van der Waals surface area contributed by atoms with E-state index < -0.39 is 36.3 Å². The first kappa shape index (κ1) is 15.5. The third kappa shape index (κ3) is 3.72. The van der Waals surface area contributed by atoms with Crippen molar-refractivity contribution in [3.63, 3.8) is 0 Å². The molecule has 43 heavy (non-hydrogen) atoms. The van der Waals surface area contributed by atoms with Crippen LogP contribution in [0.1, 0.15) is 15.1 Å². The van der Waals surface area contributed by atoms with Crippen LogP contribution in [0.15, 0.2) is 162 Å². The van der Waals surface area contributed by atoms with Crippen molar-refractivity contribution >= 4 is 54.3 Å². The van der Waals surface area contributed by atoms with Gasteiger partial charge in [-0.15, -0.1) is 0 Å². The number of furan rings is 1. The van der Waals surface area contributed by atoms with Gasteiger partial charge < -0.3 is 4.42 Å².